The van der Waals surface area contributed by atoms with E-state index in [-0.39, 0.29) is 31.4 Å². The molecule has 2 N–H and O–H groups in total. The summed E-state index contributed by atoms with van der Waals surface area (Å²) in [6.07, 6.45) is -0.0855. The Labute approximate surface area is 111 Å². The van der Waals surface area contributed by atoms with Crippen LogP contribution in [0.25, 0.3) is 0 Å². The van der Waals surface area contributed by atoms with E-state index in [9.17, 15) is 14.0 Å². The van der Waals surface area contributed by atoms with E-state index in [0.29, 0.717) is 6.54 Å². The molecule has 0 fully saturated rings. The Bertz CT molecular complexity index is 434. The molecule has 1 aromatic carbocycles. The highest BCUT2D eigenvalue weighted by Crippen LogP contribution is 2.02. The number of aliphatic carboxylic acids is 1. The first-order valence-corrected chi connectivity index (χ1v) is 6.02. The molecule has 0 aliphatic rings. The van der Waals surface area contributed by atoms with Gasteiger partial charge in [-0.25, -0.2) is 9.18 Å². The van der Waals surface area contributed by atoms with Gasteiger partial charge in [-0.1, -0.05) is 12.1 Å². The zero-order chi connectivity index (χ0) is 14.3. The van der Waals surface area contributed by atoms with Crippen molar-refractivity contribution in [1.29, 1.82) is 0 Å². The monoisotopic (exact) mass is 268 g/mol. The van der Waals surface area contributed by atoms with Gasteiger partial charge in [-0.2, -0.15) is 0 Å². The highest BCUT2D eigenvalue weighted by molar-refractivity contribution is 5.75. The number of rotatable bonds is 6. The zero-order valence-electron chi connectivity index (χ0n) is 10.7. The zero-order valence-corrected chi connectivity index (χ0v) is 10.7. The number of hydrogen-bond donors (Lipinski definition) is 2. The number of carboxylic acids is 1. The topological polar surface area (TPSA) is 69.6 Å². The summed E-state index contributed by atoms with van der Waals surface area (Å²) in [6.45, 7) is 2.66. The molecular formula is C13H17FN2O3. The van der Waals surface area contributed by atoms with E-state index in [2.05, 4.69) is 5.32 Å². The number of halogens is 1. The van der Waals surface area contributed by atoms with Crippen LogP contribution in [-0.2, 0) is 11.3 Å². The molecule has 5 nitrogen and oxygen atoms in total. The molecule has 0 unspecified atom stereocenters. The maximum atomic E-state index is 12.7. The average molecular weight is 268 g/mol. The van der Waals surface area contributed by atoms with Gasteiger partial charge in [0.2, 0.25) is 0 Å². The van der Waals surface area contributed by atoms with Crippen molar-refractivity contribution in [2.45, 2.75) is 19.9 Å². The van der Waals surface area contributed by atoms with Crippen LogP contribution in [0.1, 0.15) is 18.9 Å². The third kappa shape index (κ3) is 5.37. The fourth-order valence-corrected chi connectivity index (χ4v) is 1.53. The van der Waals surface area contributed by atoms with Crippen LogP contribution in [0.3, 0.4) is 0 Å². The predicted molar refractivity (Wildman–Crippen MR) is 68.1 cm³/mol. The Balaban J connectivity index is 2.44. The lowest BCUT2D eigenvalue weighted by Crippen LogP contribution is -2.40. The largest absolute Gasteiger partial charge is 0.481 e. The van der Waals surface area contributed by atoms with Gasteiger partial charge in [-0.05, 0) is 24.6 Å². The second-order valence-corrected chi connectivity index (χ2v) is 4.01. The molecule has 6 heteroatoms. The van der Waals surface area contributed by atoms with E-state index >= 15 is 0 Å². The Kier molecular flexibility index (Phi) is 5.78. The molecule has 0 saturated heterocycles. The fourth-order valence-electron chi connectivity index (χ4n) is 1.53. The molecule has 0 aliphatic heterocycles. The maximum Gasteiger partial charge on any atom is 0.317 e. The van der Waals surface area contributed by atoms with E-state index in [0.717, 1.165) is 5.56 Å². The summed E-state index contributed by atoms with van der Waals surface area (Å²) in [7, 11) is 0. The van der Waals surface area contributed by atoms with E-state index in [1.807, 2.05) is 0 Å². The number of carboxylic acid groups (broad SMARTS) is 1. The summed E-state index contributed by atoms with van der Waals surface area (Å²) < 4.78 is 12.7. The molecule has 1 aromatic rings. The van der Waals surface area contributed by atoms with E-state index in [4.69, 9.17) is 5.11 Å². The minimum absolute atomic E-state index is 0.0855. The first-order valence-electron chi connectivity index (χ1n) is 6.02. The van der Waals surface area contributed by atoms with Gasteiger partial charge in [0.1, 0.15) is 5.82 Å². The van der Waals surface area contributed by atoms with Crippen LogP contribution in [0, 0.1) is 5.82 Å². The van der Waals surface area contributed by atoms with Crippen LogP contribution in [-0.4, -0.2) is 35.1 Å². The van der Waals surface area contributed by atoms with Crippen molar-refractivity contribution in [3.05, 3.63) is 35.6 Å². The SMILES string of the molecule is CCN(CCC(=O)O)C(=O)NCc1ccc(F)cc1. The lowest BCUT2D eigenvalue weighted by molar-refractivity contribution is -0.137. The Morgan fingerprint density at radius 1 is 1.32 bits per heavy atom. The molecule has 0 saturated carbocycles. The van der Waals surface area contributed by atoms with Gasteiger partial charge in [0.15, 0.2) is 0 Å². The number of amides is 2. The molecule has 104 valence electrons. The van der Waals surface area contributed by atoms with Crippen LogP contribution in [0.2, 0.25) is 0 Å². The Morgan fingerprint density at radius 2 is 1.95 bits per heavy atom. The summed E-state index contributed by atoms with van der Waals surface area (Å²) in [5.41, 5.74) is 0.782. The van der Waals surface area contributed by atoms with Gasteiger partial charge < -0.3 is 15.3 Å². The van der Waals surface area contributed by atoms with Gasteiger partial charge in [0.05, 0.1) is 6.42 Å². The average Bonchev–Trinajstić information content (AvgIpc) is 2.38. The number of nitrogens with one attached hydrogen (secondary N) is 1. The number of carbonyl (C=O) groups is 2. The molecule has 1 rings (SSSR count). The molecule has 0 bridgehead atoms. The van der Waals surface area contributed by atoms with Crippen LogP contribution in [0.4, 0.5) is 9.18 Å². The van der Waals surface area contributed by atoms with Crippen molar-refractivity contribution in [1.82, 2.24) is 10.2 Å². The first-order chi connectivity index (χ1) is 9.02. The van der Waals surface area contributed by atoms with Crippen molar-refractivity contribution in [2.24, 2.45) is 0 Å². The third-order valence-corrected chi connectivity index (χ3v) is 2.62. The van der Waals surface area contributed by atoms with E-state index in [1.165, 1.54) is 17.0 Å². The maximum absolute atomic E-state index is 12.7. The number of urea groups is 1. The first kappa shape index (κ1) is 14.9. The minimum Gasteiger partial charge on any atom is -0.481 e. The van der Waals surface area contributed by atoms with Gasteiger partial charge in [-0.3, -0.25) is 4.79 Å². The molecule has 0 radical (unpaired) electrons. The number of carbonyl (C=O) groups excluding carboxylic acids is 1. The Morgan fingerprint density at radius 3 is 2.47 bits per heavy atom. The van der Waals surface area contributed by atoms with Crippen molar-refractivity contribution >= 4 is 12.0 Å². The fraction of sp³-hybridized carbons (Fsp3) is 0.385. The number of nitrogens with zero attached hydrogens (tertiary/aromatic N) is 1. The molecule has 0 spiro atoms. The molecule has 2 amide bonds. The molecular weight excluding hydrogens is 251 g/mol. The second kappa shape index (κ2) is 7.35. The number of hydrogen-bond acceptors (Lipinski definition) is 2. The normalized spacial score (nSPS) is 10.0. The second-order valence-electron chi connectivity index (χ2n) is 4.01. The molecule has 0 atom stereocenters. The smallest absolute Gasteiger partial charge is 0.317 e. The number of benzene rings is 1. The lowest BCUT2D eigenvalue weighted by Gasteiger charge is -2.20. The van der Waals surface area contributed by atoms with Crippen molar-refractivity contribution in [3.63, 3.8) is 0 Å². The van der Waals surface area contributed by atoms with Crippen LogP contribution >= 0.6 is 0 Å². The highest BCUT2D eigenvalue weighted by atomic mass is 19.1. The van der Waals surface area contributed by atoms with Crippen molar-refractivity contribution < 1.29 is 19.1 Å². The molecule has 0 aliphatic carbocycles. The van der Waals surface area contributed by atoms with Crippen LogP contribution in [0.5, 0.6) is 0 Å². The summed E-state index contributed by atoms with van der Waals surface area (Å²) in [6, 6.07) is 5.49. The third-order valence-electron chi connectivity index (χ3n) is 2.62. The summed E-state index contributed by atoms with van der Waals surface area (Å²) >= 11 is 0. The summed E-state index contributed by atoms with van der Waals surface area (Å²) in [5, 5.41) is 11.2. The van der Waals surface area contributed by atoms with E-state index in [1.54, 1.807) is 19.1 Å². The predicted octanol–water partition coefficient (Wildman–Crippen LogP) is 1.83. The van der Waals surface area contributed by atoms with Gasteiger partial charge >= 0.3 is 12.0 Å². The standard InChI is InChI=1S/C13H17FN2O3/c1-2-16(8-7-12(17)18)13(19)15-9-10-3-5-11(14)6-4-10/h3-6H,2,7-9H2,1H3,(H,15,19)(H,17,18). The van der Waals surface area contributed by atoms with Crippen molar-refractivity contribution in [2.75, 3.05) is 13.1 Å². The van der Waals surface area contributed by atoms with E-state index < -0.39 is 5.97 Å². The quantitative estimate of drug-likeness (QED) is 0.827. The van der Waals surface area contributed by atoms with Crippen LogP contribution < -0.4 is 5.32 Å². The van der Waals surface area contributed by atoms with Gasteiger partial charge in [0.25, 0.3) is 0 Å². The lowest BCUT2D eigenvalue weighted by atomic mass is 10.2. The summed E-state index contributed by atoms with van der Waals surface area (Å²) in [4.78, 5) is 23.6. The van der Waals surface area contributed by atoms with Gasteiger partial charge in [-0.15, -0.1) is 0 Å². The van der Waals surface area contributed by atoms with Crippen molar-refractivity contribution in [3.8, 4) is 0 Å². The highest BCUT2D eigenvalue weighted by Gasteiger charge is 2.12. The molecule has 0 aromatic heterocycles. The Hall–Kier alpha value is -2.11. The molecule has 19 heavy (non-hydrogen) atoms. The minimum atomic E-state index is -0.940. The summed E-state index contributed by atoms with van der Waals surface area (Å²) in [5.74, 6) is -1.27. The van der Waals surface area contributed by atoms with Crippen LogP contribution in [0.15, 0.2) is 24.3 Å². The molecule has 0 heterocycles. The van der Waals surface area contributed by atoms with Gasteiger partial charge in [0, 0.05) is 19.6 Å².